The van der Waals surface area contributed by atoms with Crippen LogP contribution in [0, 0.1) is 12.7 Å². The summed E-state index contributed by atoms with van der Waals surface area (Å²) in [6.45, 7) is 3.11. The van der Waals surface area contributed by atoms with Gasteiger partial charge in [0.25, 0.3) is 5.91 Å². The van der Waals surface area contributed by atoms with Crippen molar-refractivity contribution < 1.29 is 18.7 Å². The molecule has 1 aliphatic rings. The molecule has 1 saturated carbocycles. The largest absolute Gasteiger partial charge is 0.488 e. The number of hydrogen-bond acceptors (Lipinski definition) is 8. The minimum absolute atomic E-state index is 0.0888. The topological polar surface area (TPSA) is 125 Å². The van der Waals surface area contributed by atoms with E-state index in [2.05, 4.69) is 20.0 Å². The van der Waals surface area contributed by atoms with Gasteiger partial charge in [-0.2, -0.15) is 0 Å². The molecular formula is C23H30FN5O3S. The molecule has 3 aromatic rings. The van der Waals surface area contributed by atoms with Crippen molar-refractivity contribution in [2.75, 3.05) is 25.6 Å². The maximum Gasteiger partial charge on any atom is 0.259 e. The molecule has 8 nitrogen and oxygen atoms in total. The molecule has 0 unspecified atom stereocenters. The van der Waals surface area contributed by atoms with E-state index in [1.165, 1.54) is 36.2 Å². The molecule has 4 rings (SSSR count). The number of nitrogens with two attached hydrogens (primary N) is 2. The van der Waals surface area contributed by atoms with Crippen LogP contribution in [0.5, 0.6) is 5.75 Å². The van der Waals surface area contributed by atoms with E-state index in [-0.39, 0.29) is 11.9 Å². The summed E-state index contributed by atoms with van der Waals surface area (Å²) < 4.78 is 24.5. The fourth-order valence-electron chi connectivity index (χ4n) is 3.71. The number of aromatic nitrogens is 2. The summed E-state index contributed by atoms with van der Waals surface area (Å²) in [6.07, 6.45) is 6.92. The maximum absolute atomic E-state index is 13.9. The smallest absolute Gasteiger partial charge is 0.259 e. The van der Waals surface area contributed by atoms with Crippen LogP contribution in [0.1, 0.15) is 47.3 Å². The fraction of sp³-hybridized carbons (Fsp3) is 0.435. The van der Waals surface area contributed by atoms with E-state index in [1.807, 2.05) is 6.92 Å². The molecule has 0 atom stereocenters. The van der Waals surface area contributed by atoms with Crippen LogP contribution in [-0.2, 0) is 4.74 Å². The molecule has 0 aliphatic heterocycles. The highest BCUT2D eigenvalue weighted by Crippen LogP contribution is 2.37. The maximum atomic E-state index is 13.9. The highest BCUT2D eigenvalue weighted by Gasteiger charge is 2.20. The molecule has 33 heavy (non-hydrogen) atoms. The summed E-state index contributed by atoms with van der Waals surface area (Å²) in [7, 11) is 1.63. The number of benzene rings is 1. The third-order valence-electron chi connectivity index (χ3n) is 5.32. The highest BCUT2D eigenvalue weighted by molar-refractivity contribution is 7.20. The Balaban J connectivity index is 0.000000555. The third-order valence-corrected chi connectivity index (χ3v) is 6.53. The number of rotatable bonds is 7. The van der Waals surface area contributed by atoms with Crippen molar-refractivity contribution in [2.24, 2.45) is 11.5 Å². The number of amides is 1. The second-order valence-electron chi connectivity index (χ2n) is 7.75. The lowest BCUT2D eigenvalue weighted by atomic mass is 9.98. The Morgan fingerprint density at radius 1 is 1.27 bits per heavy atom. The van der Waals surface area contributed by atoms with Crippen LogP contribution in [0.2, 0.25) is 0 Å². The van der Waals surface area contributed by atoms with Crippen molar-refractivity contribution >= 4 is 39.0 Å². The molecule has 1 aromatic carbocycles. The van der Waals surface area contributed by atoms with E-state index in [4.69, 9.17) is 16.2 Å². The predicted molar refractivity (Wildman–Crippen MR) is 129 cm³/mol. The van der Waals surface area contributed by atoms with Gasteiger partial charge in [-0.25, -0.2) is 14.4 Å². The molecule has 1 aliphatic carbocycles. The van der Waals surface area contributed by atoms with Gasteiger partial charge >= 0.3 is 0 Å². The van der Waals surface area contributed by atoms with Crippen LogP contribution in [0.4, 0.5) is 15.9 Å². The number of methoxy groups -OCH3 is 1. The van der Waals surface area contributed by atoms with Crippen LogP contribution < -0.4 is 21.5 Å². The molecule has 10 heteroatoms. The van der Waals surface area contributed by atoms with Gasteiger partial charge in [0.05, 0.1) is 28.7 Å². The molecule has 2 aromatic heterocycles. The molecule has 2 heterocycles. The van der Waals surface area contributed by atoms with Gasteiger partial charge in [-0.3, -0.25) is 4.79 Å². The number of halogens is 1. The quantitative estimate of drug-likeness (QED) is 0.465. The minimum Gasteiger partial charge on any atom is -0.488 e. The van der Waals surface area contributed by atoms with Crippen molar-refractivity contribution in [1.82, 2.24) is 9.97 Å². The Hall–Kier alpha value is -2.82. The number of thiophene rings is 1. The summed E-state index contributed by atoms with van der Waals surface area (Å²) in [6, 6.07) is 4.41. The summed E-state index contributed by atoms with van der Waals surface area (Å²) in [4.78, 5) is 21.4. The van der Waals surface area contributed by atoms with Gasteiger partial charge in [-0.1, -0.05) is 6.42 Å². The van der Waals surface area contributed by atoms with Gasteiger partial charge in [0, 0.05) is 19.7 Å². The molecule has 0 saturated heterocycles. The number of nitrogens with zero attached hydrogens (tertiary/aromatic N) is 2. The lowest BCUT2D eigenvalue weighted by Gasteiger charge is -2.24. The first-order valence-electron chi connectivity index (χ1n) is 10.9. The first kappa shape index (κ1) is 24.8. The van der Waals surface area contributed by atoms with E-state index in [0.717, 1.165) is 36.6 Å². The van der Waals surface area contributed by atoms with Crippen LogP contribution in [0.15, 0.2) is 24.5 Å². The number of primary amides is 1. The van der Waals surface area contributed by atoms with Crippen LogP contribution in [-0.4, -0.2) is 42.2 Å². The Bertz CT molecular complexity index is 1080. The van der Waals surface area contributed by atoms with Gasteiger partial charge in [-0.05, 0) is 50.3 Å². The monoisotopic (exact) mass is 475 g/mol. The van der Waals surface area contributed by atoms with Gasteiger partial charge in [0.15, 0.2) is 0 Å². The predicted octanol–water partition coefficient (Wildman–Crippen LogP) is 4.28. The van der Waals surface area contributed by atoms with E-state index >= 15 is 0 Å². The van der Waals surface area contributed by atoms with Crippen molar-refractivity contribution in [1.29, 1.82) is 0 Å². The summed E-state index contributed by atoms with van der Waals surface area (Å²) in [5.41, 5.74) is 11.8. The van der Waals surface area contributed by atoms with E-state index in [0.29, 0.717) is 40.1 Å². The number of hydrogen-bond donors (Lipinski definition) is 3. The van der Waals surface area contributed by atoms with Crippen molar-refractivity contribution in [2.45, 2.75) is 45.1 Å². The zero-order valence-electron chi connectivity index (χ0n) is 18.9. The average Bonchev–Trinajstić information content (AvgIpc) is 3.15. The fourth-order valence-corrected chi connectivity index (χ4v) is 4.71. The van der Waals surface area contributed by atoms with Gasteiger partial charge in [0.1, 0.15) is 28.5 Å². The number of anilines is 2. The second kappa shape index (κ2) is 11.9. The van der Waals surface area contributed by atoms with Crippen molar-refractivity contribution in [3.05, 3.63) is 40.8 Å². The molecule has 0 radical (unpaired) electrons. The Morgan fingerprint density at radius 2 is 2.03 bits per heavy atom. The number of aryl methyl sites for hydroxylation is 1. The number of ether oxygens (including phenoxy) is 2. The molecule has 0 spiro atoms. The molecule has 1 fully saturated rings. The first-order valence-corrected chi connectivity index (χ1v) is 11.7. The summed E-state index contributed by atoms with van der Waals surface area (Å²) in [5.74, 6) is 0.148. The third kappa shape index (κ3) is 6.37. The summed E-state index contributed by atoms with van der Waals surface area (Å²) in [5, 5.41) is 3.97. The highest BCUT2D eigenvalue weighted by atomic mass is 32.1. The standard InChI is InChI=1S/C20H21FN4O2S.C3H9NO/c1-11-16-19(23-10-24-20(16)28-17(11)18(22)26)25-14-8-7-12(21)9-15(14)27-13-5-3-2-4-6-13;1-5-3-2-4/h7-10,13H,2-6H2,1H3,(H2,22,26)(H,23,24,25);2-4H2,1H3. The molecule has 5 N–H and O–H groups in total. The normalized spacial score (nSPS) is 13.9. The van der Waals surface area contributed by atoms with Crippen LogP contribution in [0.3, 0.4) is 0 Å². The van der Waals surface area contributed by atoms with Crippen molar-refractivity contribution in [3.8, 4) is 5.75 Å². The number of carbonyl (C=O) groups excluding carboxylic acids is 1. The first-order chi connectivity index (χ1) is 15.9. The lowest BCUT2D eigenvalue weighted by Crippen LogP contribution is -2.20. The summed E-state index contributed by atoms with van der Waals surface area (Å²) >= 11 is 1.23. The molecule has 1 amide bonds. The minimum atomic E-state index is -0.491. The average molecular weight is 476 g/mol. The van der Waals surface area contributed by atoms with Crippen molar-refractivity contribution in [3.63, 3.8) is 0 Å². The Morgan fingerprint density at radius 3 is 2.67 bits per heavy atom. The second-order valence-corrected chi connectivity index (χ2v) is 8.75. The zero-order chi connectivity index (χ0) is 23.8. The van der Waals surface area contributed by atoms with Gasteiger partial charge in [-0.15, -0.1) is 11.3 Å². The van der Waals surface area contributed by atoms with E-state index < -0.39 is 5.91 Å². The number of carbonyl (C=O) groups is 1. The van der Waals surface area contributed by atoms with E-state index in [1.54, 1.807) is 13.2 Å². The van der Waals surface area contributed by atoms with Gasteiger partial charge in [0.2, 0.25) is 0 Å². The number of nitrogens with one attached hydrogen (secondary N) is 1. The van der Waals surface area contributed by atoms with Crippen LogP contribution >= 0.6 is 11.3 Å². The van der Waals surface area contributed by atoms with Gasteiger partial charge < -0.3 is 26.3 Å². The molecule has 0 bridgehead atoms. The SMILES string of the molecule is COCCN.Cc1c(C(N)=O)sc2ncnc(Nc3ccc(F)cc3OC3CCCCC3)c12. The Labute approximate surface area is 196 Å². The zero-order valence-corrected chi connectivity index (χ0v) is 19.7. The lowest BCUT2D eigenvalue weighted by molar-refractivity contribution is 0.100. The van der Waals surface area contributed by atoms with Crippen LogP contribution in [0.25, 0.3) is 10.2 Å². The number of fused-ring (bicyclic) bond motifs is 1. The Kier molecular flexibility index (Phi) is 8.93. The van der Waals surface area contributed by atoms with E-state index in [9.17, 15) is 9.18 Å². The molecular weight excluding hydrogens is 445 g/mol. The molecule has 178 valence electrons.